The zero-order valence-electron chi connectivity index (χ0n) is 12.8. The summed E-state index contributed by atoms with van der Waals surface area (Å²) in [5.74, 6) is 0.134. The largest absolute Gasteiger partial charge is 0.459 e. The molecule has 0 N–H and O–H groups in total. The normalized spacial score (nSPS) is 15.0. The van der Waals surface area contributed by atoms with E-state index in [0.717, 1.165) is 10.2 Å². The number of carbonyl (C=O) groups excluding carboxylic acids is 2. The third-order valence-corrected chi connectivity index (χ3v) is 5.09. The minimum atomic E-state index is -0.132. The van der Waals surface area contributed by atoms with E-state index in [-0.39, 0.29) is 11.8 Å². The number of amides is 2. The predicted molar refractivity (Wildman–Crippen MR) is 90.1 cm³/mol. The summed E-state index contributed by atoms with van der Waals surface area (Å²) in [5, 5.41) is 0.502. The third-order valence-electron chi connectivity index (χ3n) is 4.06. The maximum Gasteiger partial charge on any atom is 0.289 e. The van der Waals surface area contributed by atoms with E-state index in [2.05, 4.69) is 4.98 Å². The molecule has 1 aliphatic rings. The van der Waals surface area contributed by atoms with E-state index in [4.69, 9.17) is 4.42 Å². The van der Waals surface area contributed by atoms with Crippen LogP contribution in [-0.2, 0) is 0 Å². The molecule has 3 heterocycles. The molecule has 3 aromatic rings. The quantitative estimate of drug-likeness (QED) is 0.718. The van der Waals surface area contributed by atoms with Crippen LogP contribution in [0.15, 0.2) is 47.1 Å². The number of nitrogens with zero attached hydrogens (tertiary/aromatic N) is 3. The molecule has 6 nitrogen and oxygen atoms in total. The summed E-state index contributed by atoms with van der Waals surface area (Å²) >= 11 is 1.41. The molecule has 0 atom stereocenters. The Morgan fingerprint density at radius 1 is 0.958 bits per heavy atom. The summed E-state index contributed by atoms with van der Waals surface area (Å²) in [7, 11) is 0. The van der Waals surface area contributed by atoms with Gasteiger partial charge in [0.05, 0.1) is 16.5 Å². The average molecular weight is 341 g/mol. The Morgan fingerprint density at radius 2 is 1.67 bits per heavy atom. The number of rotatable bonds is 2. The van der Waals surface area contributed by atoms with Gasteiger partial charge in [0.25, 0.3) is 11.8 Å². The fraction of sp³-hybridized carbons (Fsp3) is 0.235. The lowest BCUT2D eigenvalue weighted by atomic mass is 10.3. The van der Waals surface area contributed by atoms with Crippen LogP contribution in [0.2, 0.25) is 0 Å². The van der Waals surface area contributed by atoms with Gasteiger partial charge in [0.1, 0.15) is 0 Å². The van der Waals surface area contributed by atoms with Gasteiger partial charge in [0.15, 0.2) is 10.8 Å². The SMILES string of the molecule is O=C(c1ccco1)N1CCN(C(=O)c2nc3ccccc3s2)CC1. The molecule has 122 valence electrons. The zero-order chi connectivity index (χ0) is 16.5. The van der Waals surface area contributed by atoms with Crippen molar-refractivity contribution in [3.63, 3.8) is 0 Å². The van der Waals surface area contributed by atoms with Crippen LogP contribution in [0.3, 0.4) is 0 Å². The van der Waals surface area contributed by atoms with E-state index in [1.165, 1.54) is 17.6 Å². The number of hydrogen-bond acceptors (Lipinski definition) is 5. The van der Waals surface area contributed by atoms with Crippen molar-refractivity contribution in [3.05, 3.63) is 53.4 Å². The van der Waals surface area contributed by atoms with Crippen molar-refractivity contribution in [2.24, 2.45) is 0 Å². The molecule has 2 amide bonds. The van der Waals surface area contributed by atoms with Crippen molar-refractivity contribution < 1.29 is 14.0 Å². The van der Waals surface area contributed by atoms with Crippen molar-refractivity contribution in [3.8, 4) is 0 Å². The van der Waals surface area contributed by atoms with Crippen molar-refractivity contribution in [2.45, 2.75) is 0 Å². The number of thiazole rings is 1. The molecular formula is C17H15N3O3S. The Hall–Kier alpha value is -2.67. The highest BCUT2D eigenvalue weighted by atomic mass is 32.1. The summed E-state index contributed by atoms with van der Waals surface area (Å²) in [5.41, 5.74) is 0.845. The molecule has 0 saturated carbocycles. The fourth-order valence-corrected chi connectivity index (χ4v) is 3.70. The highest BCUT2D eigenvalue weighted by Crippen LogP contribution is 2.23. The second-order valence-corrected chi connectivity index (χ2v) is 6.58. The first-order valence-corrected chi connectivity index (χ1v) is 8.51. The van der Waals surface area contributed by atoms with E-state index in [1.54, 1.807) is 21.9 Å². The van der Waals surface area contributed by atoms with E-state index < -0.39 is 0 Å². The highest BCUT2D eigenvalue weighted by Gasteiger charge is 2.27. The molecule has 0 unspecified atom stereocenters. The summed E-state index contributed by atoms with van der Waals surface area (Å²) in [6, 6.07) is 11.1. The van der Waals surface area contributed by atoms with E-state index in [9.17, 15) is 9.59 Å². The first-order chi connectivity index (χ1) is 11.7. The van der Waals surface area contributed by atoms with Crippen molar-refractivity contribution in [2.75, 3.05) is 26.2 Å². The number of carbonyl (C=O) groups is 2. The fourth-order valence-electron chi connectivity index (χ4n) is 2.77. The minimum Gasteiger partial charge on any atom is -0.459 e. The summed E-state index contributed by atoms with van der Waals surface area (Å²) in [6.45, 7) is 1.99. The molecule has 7 heteroatoms. The van der Waals surface area contributed by atoms with Gasteiger partial charge in [-0.05, 0) is 24.3 Å². The Kier molecular flexibility index (Phi) is 3.78. The molecule has 0 aliphatic carbocycles. The van der Waals surface area contributed by atoms with Gasteiger partial charge >= 0.3 is 0 Å². The standard InChI is InChI=1S/C17H15N3O3S/c21-16(13-5-3-11-23-13)19-7-9-20(10-8-19)17(22)15-18-12-4-1-2-6-14(12)24-15/h1-6,11H,7-10H2. The van der Waals surface area contributed by atoms with Crippen LogP contribution in [-0.4, -0.2) is 52.8 Å². The lowest BCUT2D eigenvalue weighted by Gasteiger charge is -2.33. The van der Waals surface area contributed by atoms with Crippen molar-refractivity contribution >= 4 is 33.4 Å². The highest BCUT2D eigenvalue weighted by molar-refractivity contribution is 7.20. The average Bonchev–Trinajstić information content (AvgIpc) is 3.30. The molecule has 24 heavy (non-hydrogen) atoms. The number of hydrogen-bond donors (Lipinski definition) is 0. The van der Waals surface area contributed by atoms with Crippen LogP contribution in [0.4, 0.5) is 0 Å². The number of fused-ring (bicyclic) bond motifs is 1. The number of benzene rings is 1. The lowest BCUT2D eigenvalue weighted by Crippen LogP contribution is -2.50. The third kappa shape index (κ3) is 2.67. The van der Waals surface area contributed by atoms with E-state index in [1.807, 2.05) is 24.3 Å². The van der Waals surface area contributed by atoms with Gasteiger partial charge in [-0.2, -0.15) is 0 Å². The van der Waals surface area contributed by atoms with E-state index in [0.29, 0.717) is 36.9 Å². The second-order valence-electron chi connectivity index (χ2n) is 5.55. The summed E-state index contributed by atoms with van der Waals surface area (Å²) in [6.07, 6.45) is 1.49. The number of furan rings is 1. The number of piperazine rings is 1. The first kappa shape index (κ1) is 14.9. The molecule has 0 radical (unpaired) electrons. The number of para-hydroxylation sites is 1. The van der Waals surface area contributed by atoms with Gasteiger partial charge in [-0.1, -0.05) is 12.1 Å². The van der Waals surface area contributed by atoms with E-state index >= 15 is 0 Å². The Bertz CT molecular complexity index is 847. The molecule has 4 rings (SSSR count). The van der Waals surface area contributed by atoms with Crippen LogP contribution in [0.25, 0.3) is 10.2 Å². The van der Waals surface area contributed by atoms with Crippen LogP contribution >= 0.6 is 11.3 Å². The van der Waals surface area contributed by atoms with Crippen LogP contribution in [0, 0.1) is 0 Å². The molecule has 0 bridgehead atoms. The van der Waals surface area contributed by atoms with Crippen LogP contribution < -0.4 is 0 Å². The molecule has 1 aromatic carbocycles. The second kappa shape index (κ2) is 6.09. The van der Waals surface area contributed by atoms with Gasteiger partial charge < -0.3 is 14.2 Å². The maximum atomic E-state index is 12.6. The Labute approximate surface area is 142 Å². The minimum absolute atomic E-state index is 0.0682. The van der Waals surface area contributed by atoms with Gasteiger partial charge in [0.2, 0.25) is 0 Å². The van der Waals surface area contributed by atoms with Gasteiger partial charge in [0, 0.05) is 26.2 Å². The first-order valence-electron chi connectivity index (χ1n) is 7.70. The Balaban J connectivity index is 1.43. The number of aromatic nitrogens is 1. The predicted octanol–water partition coefficient (Wildman–Crippen LogP) is 2.49. The van der Waals surface area contributed by atoms with Gasteiger partial charge in [-0.15, -0.1) is 11.3 Å². The summed E-state index contributed by atoms with van der Waals surface area (Å²) in [4.78, 5) is 32.7. The molecule has 1 aliphatic heterocycles. The molecule has 2 aromatic heterocycles. The van der Waals surface area contributed by atoms with Gasteiger partial charge in [-0.3, -0.25) is 9.59 Å². The van der Waals surface area contributed by atoms with Gasteiger partial charge in [-0.25, -0.2) is 4.98 Å². The van der Waals surface area contributed by atoms with Crippen molar-refractivity contribution in [1.82, 2.24) is 14.8 Å². The molecule has 1 saturated heterocycles. The lowest BCUT2D eigenvalue weighted by molar-refractivity contribution is 0.0518. The molecule has 1 fully saturated rings. The zero-order valence-corrected chi connectivity index (χ0v) is 13.7. The smallest absolute Gasteiger partial charge is 0.289 e. The molecular weight excluding hydrogens is 326 g/mol. The maximum absolute atomic E-state index is 12.6. The topological polar surface area (TPSA) is 66.7 Å². The molecule has 0 spiro atoms. The van der Waals surface area contributed by atoms with Crippen LogP contribution in [0.1, 0.15) is 20.4 Å². The monoisotopic (exact) mass is 341 g/mol. The van der Waals surface area contributed by atoms with Crippen molar-refractivity contribution in [1.29, 1.82) is 0 Å². The Morgan fingerprint density at radius 3 is 2.33 bits per heavy atom. The van der Waals surface area contributed by atoms with Crippen LogP contribution in [0.5, 0.6) is 0 Å². The summed E-state index contributed by atoms with van der Waals surface area (Å²) < 4.78 is 6.15.